The number of aliphatic imine (C=N–C) groups is 1. The molecule has 1 fully saturated rings. The van der Waals surface area contributed by atoms with Crippen molar-refractivity contribution in [3.05, 3.63) is 34.0 Å². The van der Waals surface area contributed by atoms with Crippen LogP contribution >= 0.6 is 23.1 Å². The SMILES string of the molecule is COc1cc(C2=C(C3CC3)SC3=NCCN32)c2sccc2c1. The maximum Gasteiger partial charge on any atom is 0.168 e. The van der Waals surface area contributed by atoms with Gasteiger partial charge < -0.3 is 9.64 Å². The van der Waals surface area contributed by atoms with E-state index in [4.69, 9.17) is 4.74 Å². The molecule has 0 N–H and O–H groups in total. The van der Waals surface area contributed by atoms with E-state index < -0.39 is 0 Å². The van der Waals surface area contributed by atoms with Gasteiger partial charge in [-0.15, -0.1) is 11.3 Å². The lowest BCUT2D eigenvalue weighted by atomic mass is 10.1. The molecule has 22 heavy (non-hydrogen) atoms. The zero-order valence-electron chi connectivity index (χ0n) is 12.3. The molecule has 1 saturated carbocycles. The Hall–Kier alpha value is -1.46. The summed E-state index contributed by atoms with van der Waals surface area (Å²) >= 11 is 3.72. The molecule has 3 heterocycles. The molecule has 1 aromatic heterocycles. The molecule has 2 aliphatic heterocycles. The van der Waals surface area contributed by atoms with Gasteiger partial charge in [-0.1, -0.05) is 11.8 Å². The quantitative estimate of drug-likeness (QED) is 0.834. The Morgan fingerprint density at radius 3 is 3.05 bits per heavy atom. The van der Waals surface area contributed by atoms with Crippen LogP contribution < -0.4 is 4.74 Å². The number of fused-ring (bicyclic) bond motifs is 2. The molecular weight excluding hydrogens is 312 g/mol. The summed E-state index contributed by atoms with van der Waals surface area (Å²) < 4.78 is 6.90. The summed E-state index contributed by atoms with van der Waals surface area (Å²) in [5, 5.41) is 4.65. The molecule has 5 rings (SSSR count). The van der Waals surface area contributed by atoms with E-state index in [9.17, 15) is 0 Å². The third-order valence-corrected chi connectivity index (χ3v) is 6.71. The number of hydrogen-bond acceptors (Lipinski definition) is 5. The lowest BCUT2D eigenvalue weighted by molar-refractivity contribution is 0.415. The zero-order chi connectivity index (χ0) is 14.7. The molecule has 0 spiro atoms. The normalized spacial score (nSPS) is 20.8. The number of amidine groups is 1. The minimum absolute atomic E-state index is 0.745. The number of hydrogen-bond donors (Lipinski definition) is 0. The van der Waals surface area contributed by atoms with Crippen LogP contribution in [0.5, 0.6) is 5.75 Å². The number of allylic oxidation sites excluding steroid dienone is 1. The van der Waals surface area contributed by atoms with Gasteiger partial charge in [0.15, 0.2) is 5.17 Å². The van der Waals surface area contributed by atoms with E-state index in [-0.39, 0.29) is 0 Å². The average Bonchev–Trinajstić information content (AvgIpc) is 2.97. The van der Waals surface area contributed by atoms with Crippen LogP contribution in [0.4, 0.5) is 0 Å². The van der Waals surface area contributed by atoms with Crippen LogP contribution in [0.15, 0.2) is 33.5 Å². The van der Waals surface area contributed by atoms with Gasteiger partial charge in [-0.05, 0) is 47.7 Å². The summed E-state index contributed by atoms with van der Waals surface area (Å²) in [6, 6.07) is 6.52. The number of ether oxygens (including phenoxy) is 1. The molecule has 5 heteroatoms. The topological polar surface area (TPSA) is 24.8 Å². The largest absolute Gasteiger partial charge is 0.497 e. The van der Waals surface area contributed by atoms with Crippen molar-refractivity contribution in [1.82, 2.24) is 4.90 Å². The van der Waals surface area contributed by atoms with Crippen LogP contribution in [-0.2, 0) is 0 Å². The van der Waals surface area contributed by atoms with Crippen LogP contribution in [0.2, 0.25) is 0 Å². The summed E-state index contributed by atoms with van der Waals surface area (Å²) in [7, 11) is 1.75. The van der Waals surface area contributed by atoms with Gasteiger partial charge in [0, 0.05) is 21.7 Å². The summed E-state index contributed by atoms with van der Waals surface area (Å²) in [5.74, 6) is 1.69. The lowest BCUT2D eigenvalue weighted by Crippen LogP contribution is -2.20. The highest BCUT2D eigenvalue weighted by molar-refractivity contribution is 8.17. The Morgan fingerprint density at radius 1 is 1.32 bits per heavy atom. The van der Waals surface area contributed by atoms with Gasteiger partial charge in [0.25, 0.3) is 0 Å². The summed E-state index contributed by atoms with van der Waals surface area (Å²) in [4.78, 5) is 8.63. The first kappa shape index (κ1) is 13.0. The average molecular weight is 328 g/mol. The highest BCUT2D eigenvalue weighted by Crippen LogP contribution is 2.53. The Morgan fingerprint density at radius 2 is 2.23 bits per heavy atom. The number of benzene rings is 1. The first-order chi connectivity index (χ1) is 10.8. The van der Waals surface area contributed by atoms with Crippen molar-refractivity contribution >= 4 is 44.0 Å². The second-order valence-corrected chi connectivity index (χ2v) is 7.84. The van der Waals surface area contributed by atoms with E-state index in [1.165, 1.54) is 44.3 Å². The van der Waals surface area contributed by atoms with E-state index in [1.54, 1.807) is 7.11 Å². The molecule has 0 bridgehead atoms. The number of thioether (sulfide) groups is 1. The number of nitrogens with zero attached hydrogens (tertiary/aromatic N) is 2. The maximum absolute atomic E-state index is 5.54. The number of rotatable bonds is 3. The van der Waals surface area contributed by atoms with Crippen molar-refractivity contribution in [3.63, 3.8) is 0 Å². The van der Waals surface area contributed by atoms with Crippen LogP contribution in [0.25, 0.3) is 15.8 Å². The van der Waals surface area contributed by atoms with Gasteiger partial charge in [0.2, 0.25) is 0 Å². The van der Waals surface area contributed by atoms with Gasteiger partial charge in [-0.25, -0.2) is 0 Å². The van der Waals surface area contributed by atoms with E-state index in [1.807, 2.05) is 23.1 Å². The van der Waals surface area contributed by atoms with Crippen LogP contribution in [-0.4, -0.2) is 30.3 Å². The van der Waals surface area contributed by atoms with Crippen molar-refractivity contribution in [1.29, 1.82) is 0 Å². The first-order valence-corrected chi connectivity index (χ1v) is 9.34. The van der Waals surface area contributed by atoms with E-state index in [0.717, 1.165) is 24.8 Å². The van der Waals surface area contributed by atoms with Crippen molar-refractivity contribution < 1.29 is 4.74 Å². The highest BCUT2D eigenvalue weighted by Gasteiger charge is 2.40. The predicted octanol–water partition coefficient (Wildman–Crippen LogP) is 4.41. The molecule has 3 nitrogen and oxygen atoms in total. The fraction of sp³-hybridized carbons (Fsp3) is 0.353. The van der Waals surface area contributed by atoms with Crippen molar-refractivity contribution in [2.45, 2.75) is 12.8 Å². The Balaban J connectivity index is 1.76. The first-order valence-electron chi connectivity index (χ1n) is 7.65. The molecule has 0 unspecified atom stereocenters. The maximum atomic E-state index is 5.54. The molecule has 2 aromatic rings. The molecule has 0 atom stereocenters. The standard InChI is InChI=1S/C17H16N2OS2/c1-20-12-8-11-4-7-21-15(11)13(9-12)14-16(10-2-3-10)22-17-18-5-6-19(14)17/h4,7-10H,2-3,5-6H2,1H3. The van der Waals surface area contributed by atoms with E-state index >= 15 is 0 Å². The molecule has 0 radical (unpaired) electrons. The lowest BCUT2D eigenvalue weighted by Gasteiger charge is -2.19. The second kappa shape index (κ2) is 4.77. The molecule has 1 aliphatic carbocycles. The Labute approximate surface area is 137 Å². The Kier molecular flexibility index (Phi) is 2.82. The van der Waals surface area contributed by atoms with Gasteiger partial charge in [-0.3, -0.25) is 4.99 Å². The molecule has 3 aliphatic rings. The zero-order valence-corrected chi connectivity index (χ0v) is 14.0. The van der Waals surface area contributed by atoms with Gasteiger partial charge in [0.1, 0.15) is 5.75 Å². The van der Waals surface area contributed by atoms with Crippen molar-refractivity contribution in [2.75, 3.05) is 20.2 Å². The van der Waals surface area contributed by atoms with Crippen molar-refractivity contribution in [2.24, 2.45) is 10.9 Å². The fourth-order valence-corrected chi connectivity index (χ4v) is 5.51. The van der Waals surface area contributed by atoms with Gasteiger partial charge in [0.05, 0.1) is 19.4 Å². The molecule has 1 aromatic carbocycles. The van der Waals surface area contributed by atoms with E-state index in [0.29, 0.717) is 0 Å². The summed E-state index contributed by atoms with van der Waals surface area (Å²) in [6.45, 7) is 1.93. The van der Waals surface area contributed by atoms with Crippen LogP contribution in [0, 0.1) is 5.92 Å². The van der Waals surface area contributed by atoms with Gasteiger partial charge >= 0.3 is 0 Å². The fourth-order valence-electron chi connectivity index (χ4n) is 3.25. The molecular formula is C17H16N2OS2. The van der Waals surface area contributed by atoms with E-state index in [2.05, 4.69) is 33.5 Å². The minimum Gasteiger partial charge on any atom is -0.497 e. The number of thiophene rings is 1. The summed E-state index contributed by atoms with van der Waals surface area (Å²) in [5.41, 5.74) is 2.72. The monoisotopic (exact) mass is 328 g/mol. The molecule has 0 amide bonds. The van der Waals surface area contributed by atoms with Crippen molar-refractivity contribution in [3.8, 4) is 5.75 Å². The van der Waals surface area contributed by atoms with Crippen LogP contribution in [0.3, 0.4) is 0 Å². The second-order valence-electron chi connectivity index (χ2n) is 5.92. The third-order valence-electron chi connectivity index (χ3n) is 4.47. The minimum atomic E-state index is 0.745. The third kappa shape index (κ3) is 1.85. The number of methoxy groups -OCH3 is 1. The molecule has 0 saturated heterocycles. The highest BCUT2D eigenvalue weighted by atomic mass is 32.2. The van der Waals surface area contributed by atoms with Crippen LogP contribution in [0.1, 0.15) is 18.4 Å². The smallest absolute Gasteiger partial charge is 0.168 e. The predicted molar refractivity (Wildman–Crippen MR) is 94.6 cm³/mol. The van der Waals surface area contributed by atoms with Gasteiger partial charge in [-0.2, -0.15) is 0 Å². The summed E-state index contributed by atoms with van der Waals surface area (Å²) in [6.07, 6.45) is 2.65. The molecule has 112 valence electrons. The Bertz CT molecular complexity index is 832.